The standard InChI is InChI=1S/C54H35N3/c1-4-14-36(15-5-1)43-29-44(37-16-6-2-7-17-37)31-45(30-43)42-26-27-52-49(35-42)53-54(56-51-23-13-12-22-50(51)55-53)57(52)48-33-46(38-18-8-3-9-19-38)32-47(34-48)41-25-24-39-20-10-11-21-40(39)28-41/h1-35H. The Morgan fingerprint density at radius 3 is 1.37 bits per heavy atom. The molecule has 0 atom stereocenters. The highest BCUT2D eigenvalue weighted by molar-refractivity contribution is 6.09. The maximum absolute atomic E-state index is 5.35. The summed E-state index contributed by atoms with van der Waals surface area (Å²) >= 11 is 0. The third-order valence-corrected chi connectivity index (χ3v) is 11.1. The van der Waals surface area contributed by atoms with Crippen LogP contribution in [0, 0.1) is 0 Å². The molecule has 0 aliphatic heterocycles. The molecule has 266 valence electrons. The van der Waals surface area contributed by atoms with Gasteiger partial charge in [0.25, 0.3) is 0 Å². The number of rotatable bonds is 6. The molecule has 0 saturated carbocycles. The zero-order valence-corrected chi connectivity index (χ0v) is 31.0. The summed E-state index contributed by atoms with van der Waals surface area (Å²) < 4.78 is 2.31. The number of hydrogen-bond acceptors (Lipinski definition) is 2. The van der Waals surface area contributed by atoms with E-state index in [1.165, 1.54) is 38.6 Å². The smallest absolute Gasteiger partial charge is 0.165 e. The van der Waals surface area contributed by atoms with Crippen LogP contribution in [-0.2, 0) is 0 Å². The topological polar surface area (TPSA) is 30.7 Å². The van der Waals surface area contributed by atoms with Crippen LogP contribution in [0.15, 0.2) is 212 Å². The van der Waals surface area contributed by atoms with Crippen molar-refractivity contribution in [3.8, 4) is 61.3 Å². The fourth-order valence-corrected chi connectivity index (χ4v) is 8.26. The Morgan fingerprint density at radius 1 is 0.298 bits per heavy atom. The summed E-state index contributed by atoms with van der Waals surface area (Å²) in [6, 6.07) is 76.0. The monoisotopic (exact) mass is 725 g/mol. The van der Waals surface area contributed by atoms with E-state index in [-0.39, 0.29) is 0 Å². The Hall–Kier alpha value is -7.62. The summed E-state index contributed by atoms with van der Waals surface area (Å²) in [4.78, 5) is 10.7. The van der Waals surface area contributed by atoms with E-state index < -0.39 is 0 Å². The van der Waals surface area contributed by atoms with E-state index in [4.69, 9.17) is 9.97 Å². The summed E-state index contributed by atoms with van der Waals surface area (Å²) in [5.41, 5.74) is 17.2. The van der Waals surface area contributed by atoms with Crippen molar-refractivity contribution in [1.82, 2.24) is 14.5 Å². The largest absolute Gasteiger partial charge is 0.292 e. The molecule has 3 heteroatoms. The van der Waals surface area contributed by atoms with Crippen LogP contribution in [0.2, 0.25) is 0 Å². The van der Waals surface area contributed by atoms with Gasteiger partial charge in [0.15, 0.2) is 5.65 Å². The lowest BCUT2D eigenvalue weighted by atomic mass is 9.93. The first-order valence-corrected chi connectivity index (χ1v) is 19.4. The second-order valence-corrected chi connectivity index (χ2v) is 14.7. The summed E-state index contributed by atoms with van der Waals surface area (Å²) in [6.07, 6.45) is 0. The molecule has 57 heavy (non-hydrogen) atoms. The lowest BCUT2D eigenvalue weighted by molar-refractivity contribution is 1.14. The first kappa shape index (κ1) is 32.8. The van der Waals surface area contributed by atoms with Gasteiger partial charge >= 0.3 is 0 Å². The van der Waals surface area contributed by atoms with Crippen molar-refractivity contribution in [2.45, 2.75) is 0 Å². The van der Waals surface area contributed by atoms with Crippen LogP contribution in [0.1, 0.15) is 0 Å². The Morgan fingerprint density at radius 2 is 0.754 bits per heavy atom. The Balaban J connectivity index is 1.16. The minimum Gasteiger partial charge on any atom is -0.292 e. The fraction of sp³-hybridized carbons (Fsp3) is 0. The van der Waals surface area contributed by atoms with E-state index in [1.54, 1.807) is 0 Å². The second kappa shape index (κ2) is 13.6. The molecule has 0 bridgehead atoms. The molecular formula is C54H35N3. The van der Waals surface area contributed by atoms with Crippen molar-refractivity contribution in [3.63, 3.8) is 0 Å². The van der Waals surface area contributed by atoms with Crippen molar-refractivity contribution in [1.29, 1.82) is 0 Å². The normalized spacial score (nSPS) is 11.5. The maximum Gasteiger partial charge on any atom is 0.165 e. The van der Waals surface area contributed by atoms with Gasteiger partial charge in [-0.3, -0.25) is 4.57 Å². The highest BCUT2D eigenvalue weighted by Gasteiger charge is 2.19. The van der Waals surface area contributed by atoms with Gasteiger partial charge in [0.2, 0.25) is 0 Å². The summed E-state index contributed by atoms with van der Waals surface area (Å²) in [7, 11) is 0. The fourth-order valence-electron chi connectivity index (χ4n) is 8.26. The lowest BCUT2D eigenvalue weighted by Crippen LogP contribution is -1.98. The highest BCUT2D eigenvalue weighted by Crippen LogP contribution is 2.39. The van der Waals surface area contributed by atoms with Gasteiger partial charge in [-0.25, -0.2) is 9.97 Å². The van der Waals surface area contributed by atoms with Crippen molar-refractivity contribution >= 4 is 43.9 Å². The molecule has 11 rings (SSSR count). The lowest BCUT2D eigenvalue weighted by Gasteiger charge is -2.14. The molecule has 0 N–H and O–H groups in total. The molecule has 0 spiro atoms. The summed E-state index contributed by atoms with van der Waals surface area (Å²) in [5, 5.41) is 3.51. The Kier molecular flexibility index (Phi) is 7.82. The van der Waals surface area contributed by atoms with E-state index in [9.17, 15) is 0 Å². The number of fused-ring (bicyclic) bond motifs is 5. The molecule has 0 amide bonds. The average Bonchev–Trinajstić information content (AvgIpc) is 3.61. The van der Waals surface area contributed by atoms with Gasteiger partial charge in [0.1, 0.15) is 5.52 Å². The predicted octanol–water partition coefficient (Wildman–Crippen LogP) is 14.2. The van der Waals surface area contributed by atoms with E-state index in [1.807, 2.05) is 12.1 Å². The average molecular weight is 726 g/mol. The molecule has 11 aromatic rings. The van der Waals surface area contributed by atoms with Crippen LogP contribution in [0.5, 0.6) is 0 Å². The first-order valence-electron chi connectivity index (χ1n) is 19.4. The molecule has 3 nitrogen and oxygen atoms in total. The molecule has 9 aromatic carbocycles. The van der Waals surface area contributed by atoms with Gasteiger partial charge in [-0.05, 0) is 133 Å². The minimum absolute atomic E-state index is 0.832. The molecule has 0 saturated heterocycles. The minimum atomic E-state index is 0.832. The molecule has 0 aliphatic carbocycles. The van der Waals surface area contributed by atoms with Crippen LogP contribution < -0.4 is 0 Å². The number of aromatic nitrogens is 3. The molecule has 0 radical (unpaired) electrons. The molecule has 2 aromatic heterocycles. The quantitative estimate of drug-likeness (QED) is 0.171. The van der Waals surface area contributed by atoms with Gasteiger partial charge in [-0.1, -0.05) is 146 Å². The first-order chi connectivity index (χ1) is 28.2. The SMILES string of the molecule is c1ccc(-c2cc(-c3ccccc3)cc(-c3ccc4c(c3)c3nc5ccccc5nc3n4-c3cc(-c4ccccc4)cc(-c4ccc5ccccc5c4)c3)c2)cc1. The zero-order chi connectivity index (χ0) is 37.7. The number of hydrogen-bond donors (Lipinski definition) is 0. The van der Waals surface area contributed by atoms with E-state index in [0.29, 0.717) is 0 Å². The summed E-state index contributed by atoms with van der Waals surface area (Å²) in [6.45, 7) is 0. The van der Waals surface area contributed by atoms with Crippen LogP contribution in [0.25, 0.3) is 105 Å². The number of benzene rings is 9. The van der Waals surface area contributed by atoms with Gasteiger partial charge in [-0.2, -0.15) is 0 Å². The number of nitrogens with zero attached hydrogens (tertiary/aromatic N) is 3. The van der Waals surface area contributed by atoms with Crippen LogP contribution in [-0.4, -0.2) is 14.5 Å². The maximum atomic E-state index is 5.35. The molecule has 0 fully saturated rings. The molecule has 0 aliphatic rings. The highest BCUT2D eigenvalue weighted by atomic mass is 15.1. The van der Waals surface area contributed by atoms with Gasteiger partial charge in [0.05, 0.1) is 16.6 Å². The van der Waals surface area contributed by atoms with Crippen LogP contribution in [0.3, 0.4) is 0 Å². The molecule has 2 heterocycles. The molecule has 0 unspecified atom stereocenters. The third-order valence-electron chi connectivity index (χ3n) is 11.1. The Bertz CT molecular complexity index is 3220. The predicted molar refractivity (Wildman–Crippen MR) is 239 cm³/mol. The second-order valence-electron chi connectivity index (χ2n) is 14.7. The van der Waals surface area contributed by atoms with E-state index in [2.05, 4.69) is 205 Å². The van der Waals surface area contributed by atoms with Crippen LogP contribution in [0.4, 0.5) is 0 Å². The summed E-state index contributed by atoms with van der Waals surface area (Å²) in [5.74, 6) is 0. The van der Waals surface area contributed by atoms with Crippen molar-refractivity contribution in [2.75, 3.05) is 0 Å². The van der Waals surface area contributed by atoms with Gasteiger partial charge in [0, 0.05) is 11.1 Å². The van der Waals surface area contributed by atoms with Crippen molar-refractivity contribution in [3.05, 3.63) is 212 Å². The third kappa shape index (κ3) is 5.94. The van der Waals surface area contributed by atoms with E-state index in [0.717, 1.165) is 66.6 Å². The van der Waals surface area contributed by atoms with Crippen molar-refractivity contribution < 1.29 is 0 Å². The number of para-hydroxylation sites is 2. The van der Waals surface area contributed by atoms with E-state index >= 15 is 0 Å². The van der Waals surface area contributed by atoms with Gasteiger partial charge < -0.3 is 0 Å². The van der Waals surface area contributed by atoms with Crippen molar-refractivity contribution in [2.24, 2.45) is 0 Å². The van der Waals surface area contributed by atoms with Crippen LogP contribution >= 0.6 is 0 Å². The van der Waals surface area contributed by atoms with Gasteiger partial charge in [-0.15, -0.1) is 0 Å². The molecular weight excluding hydrogens is 691 g/mol. The Labute approximate surface area is 330 Å². The zero-order valence-electron chi connectivity index (χ0n) is 31.0.